The lowest BCUT2D eigenvalue weighted by atomic mass is 10.1. The summed E-state index contributed by atoms with van der Waals surface area (Å²) >= 11 is 0. The number of carbonyl (C=O) groups is 2. The Morgan fingerprint density at radius 2 is 2.33 bits per heavy atom. The Labute approximate surface area is 104 Å². The van der Waals surface area contributed by atoms with Gasteiger partial charge in [0.25, 0.3) is 5.91 Å². The van der Waals surface area contributed by atoms with Crippen LogP contribution in [0.4, 0.5) is 11.4 Å². The van der Waals surface area contributed by atoms with Gasteiger partial charge in [-0.1, -0.05) is 6.92 Å². The molecule has 1 amide bonds. The molecule has 1 atom stereocenters. The zero-order valence-corrected chi connectivity index (χ0v) is 9.92. The third kappa shape index (κ3) is 2.22. The molecule has 1 unspecified atom stereocenters. The maximum absolute atomic E-state index is 11.8. The first-order valence-corrected chi connectivity index (χ1v) is 5.54. The molecule has 1 aliphatic heterocycles. The summed E-state index contributed by atoms with van der Waals surface area (Å²) in [6.45, 7) is 1.58. The monoisotopic (exact) mass is 250 g/mol. The van der Waals surface area contributed by atoms with Crippen LogP contribution in [0.15, 0.2) is 18.2 Å². The number of benzene rings is 1. The van der Waals surface area contributed by atoms with Crippen molar-refractivity contribution < 1.29 is 19.4 Å². The maximum Gasteiger partial charge on any atom is 0.308 e. The fourth-order valence-corrected chi connectivity index (χ4v) is 1.77. The lowest BCUT2D eigenvalue weighted by molar-refractivity contribution is -0.140. The van der Waals surface area contributed by atoms with Gasteiger partial charge in [-0.25, -0.2) is 0 Å². The molecule has 1 aliphatic rings. The van der Waals surface area contributed by atoms with E-state index in [0.29, 0.717) is 17.1 Å². The molecule has 6 heteroatoms. The summed E-state index contributed by atoms with van der Waals surface area (Å²) in [5.74, 6) is -1.32. The number of hydrogen-bond donors (Lipinski definition) is 2. The minimum atomic E-state index is -0.945. The van der Waals surface area contributed by atoms with Crippen molar-refractivity contribution in [1.82, 2.24) is 0 Å². The van der Waals surface area contributed by atoms with E-state index in [1.807, 2.05) is 0 Å². The number of anilines is 2. The standard InChI is InChI=1S/C12H14N2O4/c1-7(12(16)17)5-14-9-4-8(13)2-3-10(9)18-6-11(14)15/h2-4,7H,5-6,13H2,1H3,(H,16,17). The molecule has 0 fully saturated rings. The highest BCUT2D eigenvalue weighted by Crippen LogP contribution is 2.34. The first kappa shape index (κ1) is 12.2. The Bertz CT molecular complexity index is 501. The lowest BCUT2D eigenvalue weighted by Crippen LogP contribution is -2.42. The highest BCUT2D eigenvalue weighted by molar-refractivity contribution is 5.98. The number of carboxylic acids is 1. The molecule has 1 aromatic rings. The van der Waals surface area contributed by atoms with Crippen molar-refractivity contribution in [2.24, 2.45) is 5.92 Å². The van der Waals surface area contributed by atoms with E-state index in [1.165, 1.54) is 4.90 Å². The fourth-order valence-electron chi connectivity index (χ4n) is 1.77. The molecule has 0 aromatic heterocycles. The molecular formula is C12H14N2O4. The van der Waals surface area contributed by atoms with Gasteiger partial charge in [0.15, 0.2) is 6.61 Å². The van der Waals surface area contributed by atoms with Gasteiger partial charge < -0.3 is 20.5 Å². The molecule has 96 valence electrons. The van der Waals surface area contributed by atoms with E-state index >= 15 is 0 Å². The first-order chi connectivity index (χ1) is 8.49. The second-order valence-corrected chi connectivity index (χ2v) is 4.26. The second-order valence-electron chi connectivity index (χ2n) is 4.26. The highest BCUT2D eigenvalue weighted by atomic mass is 16.5. The van der Waals surface area contributed by atoms with Crippen LogP contribution >= 0.6 is 0 Å². The van der Waals surface area contributed by atoms with Crippen LogP contribution in [-0.4, -0.2) is 30.1 Å². The molecule has 0 aliphatic carbocycles. The summed E-state index contributed by atoms with van der Waals surface area (Å²) in [7, 11) is 0. The molecule has 1 heterocycles. The molecule has 2 rings (SSSR count). The van der Waals surface area contributed by atoms with Gasteiger partial charge in [-0.2, -0.15) is 0 Å². The van der Waals surface area contributed by atoms with Crippen LogP contribution in [0, 0.1) is 5.92 Å². The number of nitrogens with two attached hydrogens (primary N) is 1. The average Bonchev–Trinajstić information content (AvgIpc) is 2.32. The third-order valence-electron chi connectivity index (χ3n) is 2.80. The molecular weight excluding hydrogens is 236 g/mol. The SMILES string of the molecule is CC(CN1C(=O)COc2ccc(N)cc21)C(=O)O. The first-order valence-electron chi connectivity index (χ1n) is 5.54. The van der Waals surface area contributed by atoms with Crippen molar-refractivity contribution in [3.05, 3.63) is 18.2 Å². The molecule has 6 nitrogen and oxygen atoms in total. The summed E-state index contributed by atoms with van der Waals surface area (Å²) in [4.78, 5) is 24.1. The Morgan fingerprint density at radius 3 is 3.00 bits per heavy atom. The molecule has 0 bridgehead atoms. The van der Waals surface area contributed by atoms with Crippen LogP contribution in [0.2, 0.25) is 0 Å². The van der Waals surface area contributed by atoms with Crippen LogP contribution in [0.25, 0.3) is 0 Å². The van der Waals surface area contributed by atoms with E-state index in [1.54, 1.807) is 25.1 Å². The van der Waals surface area contributed by atoms with Crippen molar-refractivity contribution >= 4 is 23.3 Å². The second kappa shape index (κ2) is 4.56. The number of nitrogens with zero attached hydrogens (tertiary/aromatic N) is 1. The Balaban J connectivity index is 2.32. The van der Waals surface area contributed by atoms with Crippen LogP contribution < -0.4 is 15.4 Å². The van der Waals surface area contributed by atoms with Crippen molar-refractivity contribution in [1.29, 1.82) is 0 Å². The molecule has 18 heavy (non-hydrogen) atoms. The summed E-state index contributed by atoms with van der Waals surface area (Å²) in [6.07, 6.45) is 0. The van der Waals surface area contributed by atoms with Crippen molar-refractivity contribution in [2.45, 2.75) is 6.92 Å². The van der Waals surface area contributed by atoms with E-state index in [2.05, 4.69) is 0 Å². The van der Waals surface area contributed by atoms with Gasteiger partial charge in [-0.05, 0) is 18.2 Å². The number of carboxylic acid groups (broad SMARTS) is 1. The summed E-state index contributed by atoms with van der Waals surface area (Å²) in [6, 6.07) is 4.96. The molecule has 0 spiro atoms. The molecule has 3 N–H and O–H groups in total. The fraction of sp³-hybridized carbons (Fsp3) is 0.333. The third-order valence-corrected chi connectivity index (χ3v) is 2.80. The van der Waals surface area contributed by atoms with Gasteiger partial charge >= 0.3 is 5.97 Å². The van der Waals surface area contributed by atoms with Crippen molar-refractivity contribution in [3.8, 4) is 5.75 Å². The van der Waals surface area contributed by atoms with E-state index in [9.17, 15) is 9.59 Å². The van der Waals surface area contributed by atoms with Gasteiger partial charge in [0.05, 0.1) is 11.6 Å². The van der Waals surface area contributed by atoms with E-state index in [0.717, 1.165) is 0 Å². The van der Waals surface area contributed by atoms with Crippen LogP contribution in [0.3, 0.4) is 0 Å². The summed E-state index contributed by atoms with van der Waals surface area (Å²) in [5, 5.41) is 8.91. The molecule has 0 radical (unpaired) electrons. The summed E-state index contributed by atoms with van der Waals surface area (Å²) in [5.41, 5.74) is 6.70. The lowest BCUT2D eigenvalue weighted by Gasteiger charge is -2.30. The number of ether oxygens (including phenoxy) is 1. The van der Waals surface area contributed by atoms with Crippen molar-refractivity contribution in [2.75, 3.05) is 23.8 Å². The zero-order valence-electron chi connectivity index (χ0n) is 9.92. The minimum absolute atomic E-state index is 0.0801. The average molecular weight is 250 g/mol. The Kier molecular flexibility index (Phi) is 3.10. The van der Waals surface area contributed by atoms with Crippen LogP contribution in [0.5, 0.6) is 5.75 Å². The van der Waals surface area contributed by atoms with E-state index in [4.69, 9.17) is 15.6 Å². The minimum Gasteiger partial charge on any atom is -0.482 e. The Morgan fingerprint density at radius 1 is 1.61 bits per heavy atom. The topological polar surface area (TPSA) is 92.9 Å². The van der Waals surface area contributed by atoms with Gasteiger partial charge in [-0.3, -0.25) is 9.59 Å². The predicted octanol–water partition coefficient (Wildman–Crippen LogP) is 0.715. The molecule has 0 saturated carbocycles. The summed E-state index contributed by atoms with van der Waals surface area (Å²) < 4.78 is 5.27. The number of fused-ring (bicyclic) bond motifs is 1. The van der Waals surface area contributed by atoms with Crippen LogP contribution in [-0.2, 0) is 9.59 Å². The number of carbonyl (C=O) groups excluding carboxylic acids is 1. The van der Waals surface area contributed by atoms with Crippen molar-refractivity contribution in [3.63, 3.8) is 0 Å². The van der Waals surface area contributed by atoms with Gasteiger partial charge in [0, 0.05) is 12.2 Å². The molecule has 0 saturated heterocycles. The quantitative estimate of drug-likeness (QED) is 0.771. The van der Waals surface area contributed by atoms with E-state index in [-0.39, 0.29) is 19.1 Å². The zero-order chi connectivity index (χ0) is 13.3. The number of amides is 1. The maximum atomic E-state index is 11.8. The van der Waals surface area contributed by atoms with Gasteiger partial charge in [-0.15, -0.1) is 0 Å². The van der Waals surface area contributed by atoms with Crippen LogP contribution in [0.1, 0.15) is 6.92 Å². The number of rotatable bonds is 3. The smallest absolute Gasteiger partial charge is 0.308 e. The van der Waals surface area contributed by atoms with Gasteiger partial charge in [0.2, 0.25) is 0 Å². The number of nitrogen functional groups attached to an aromatic ring is 1. The number of aliphatic carboxylic acids is 1. The predicted molar refractivity (Wildman–Crippen MR) is 65.5 cm³/mol. The normalized spacial score (nSPS) is 15.8. The molecule has 1 aromatic carbocycles. The van der Waals surface area contributed by atoms with Gasteiger partial charge in [0.1, 0.15) is 5.75 Å². The largest absolute Gasteiger partial charge is 0.482 e. The highest BCUT2D eigenvalue weighted by Gasteiger charge is 2.28. The van der Waals surface area contributed by atoms with E-state index < -0.39 is 11.9 Å². The number of hydrogen-bond acceptors (Lipinski definition) is 4. The Hall–Kier alpha value is -2.24.